The van der Waals surface area contributed by atoms with Gasteiger partial charge in [0.1, 0.15) is 0 Å². The third-order valence-electron chi connectivity index (χ3n) is 4.77. The van der Waals surface area contributed by atoms with Crippen molar-refractivity contribution in [1.82, 2.24) is 10.3 Å². The molecule has 1 saturated heterocycles. The maximum atomic E-state index is 4.61. The van der Waals surface area contributed by atoms with Gasteiger partial charge in [0.2, 0.25) is 0 Å². The van der Waals surface area contributed by atoms with E-state index in [0.717, 1.165) is 30.5 Å². The standard InChI is InChI=1S/C19H20BrN3/c20-16-8-4-7-15(11-16)19-17-13-23(10-9-18(17)21-22-19)12-14-5-2-1-3-6-14/h1-8,11,17,19,22H,9-10,12-13H2. The average Bonchev–Trinajstić information content (AvgIpc) is 2.99. The molecule has 0 aliphatic carbocycles. The summed E-state index contributed by atoms with van der Waals surface area (Å²) in [6.45, 7) is 3.19. The van der Waals surface area contributed by atoms with Crippen LogP contribution in [0.4, 0.5) is 0 Å². The number of rotatable bonds is 3. The van der Waals surface area contributed by atoms with E-state index in [1.807, 2.05) is 0 Å². The number of fused-ring (bicyclic) bond motifs is 1. The fourth-order valence-corrected chi connectivity index (χ4v) is 4.02. The Hall–Kier alpha value is -1.65. The van der Waals surface area contributed by atoms with Crippen LogP contribution in [0.25, 0.3) is 0 Å². The second kappa shape index (κ2) is 6.46. The van der Waals surface area contributed by atoms with Crippen LogP contribution in [-0.2, 0) is 6.54 Å². The van der Waals surface area contributed by atoms with Gasteiger partial charge in [-0.15, -0.1) is 0 Å². The Labute approximate surface area is 145 Å². The number of halogens is 1. The predicted octanol–water partition coefficient (Wildman–Crippen LogP) is 3.97. The van der Waals surface area contributed by atoms with E-state index in [4.69, 9.17) is 0 Å². The van der Waals surface area contributed by atoms with Gasteiger partial charge in [0, 0.05) is 42.2 Å². The van der Waals surface area contributed by atoms with Gasteiger partial charge in [-0.1, -0.05) is 58.4 Å². The molecule has 0 aromatic heterocycles. The molecule has 4 heteroatoms. The van der Waals surface area contributed by atoms with Crippen LogP contribution in [0.15, 0.2) is 64.2 Å². The van der Waals surface area contributed by atoms with Gasteiger partial charge in [-0.3, -0.25) is 4.90 Å². The number of nitrogens with one attached hydrogen (secondary N) is 1. The first-order valence-corrected chi connectivity index (χ1v) is 8.92. The normalized spacial score (nSPS) is 24.0. The van der Waals surface area contributed by atoms with Crippen LogP contribution in [-0.4, -0.2) is 23.7 Å². The zero-order chi connectivity index (χ0) is 15.6. The van der Waals surface area contributed by atoms with E-state index in [1.165, 1.54) is 16.8 Å². The number of hydrazone groups is 1. The number of hydrogen-bond donors (Lipinski definition) is 1. The van der Waals surface area contributed by atoms with Crippen molar-refractivity contribution < 1.29 is 0 Å². The van der Waals surface area contributed by atoms with E-state index in [2.05, 4.69) is 86.0 Å². The summed E-state index contributed by atoms with van der Waals surface area (Å²) in [6, 6.07) is 19.6. The topological polar surface area (TPSA) is 27.6 Å². The van der Waals surface area contributed by atoms with Crippen LogP contribution in [0.3, 0.4) is 0 Å². The van der Waals surface area contributed by atoms with Crippen molar-refractivity contribution in [3.63, 3.8) is 0 Å². The van der Waals surface area contributed by atoms with E-state index < -0.39 is 0 Å². The lowest BCUT2D eigenvalue weighted by Crippen LogP contribution is -2.41. The van der Waals surface area contributed by atoms with Crippen molar-refractivity contribution in [2.45, 2.75) is 19.0 Å². The molecule has 2 aromatic carbocycles. The molecule has 23 heavy (non-hydrogen) atoms. The molecule has 2 aliphatic heterocycles. The number of piperidine rings is 1. The highest BCUT2D eigenvalue weighted by molar-refractivity contribution is 9.10. The van der Waals surface area contributed by atoms with E-state index in [0.29, 0.717) is 12.0 Å². The Bertz CT molecular complexity index is 714. The minimum atomic E-state index is 0.293. The van der Waals surface area contributed by atoms with Crippen LogP contribution in [0.2, 0.25) is 0 Å². The summed E-state index contributed by atoms with van der Waals surface area (Å²) in [5.41, 5.74) is 7.40. The summed E-state index contributed by atoms with van der Waals surface area (Å²) in [6.07, 6.45) is 1.06. The fraction of sp³-hybridized carbons (Fsp3) is 0.316. The van der Waals surface area contributed by atoms with Crippen LogP contribution >= 0.6 is 15.9 Å². The van der Waals surface area contributed by atoms with Crippen molar-refractivity contribution in [2.24, 2.45) is 11.0 Å². The average molecular weight is 370 g/mol. The van der Waals surface area contributed by atoms with Crippen LogP contribution in [0.1, 0.15) is 23.6 Å². The molecular formula is C19H20BrN3. The van der Waals surface area contributed by atoms with Gasteiger partial charge < -0.3 is 5.43 Å². The highest BCUT2D eigenvalue weighted by Gasteiger charge is 2.36. The van der Waals surface area contributed by atoms with Crippen molar-refractivity contribution in [2.75, 3.05) is 13.1 Å². The minimum Gasteiger partial charge on any atom is -0.302 e. The number of nitrogens with zero attached hydrogens (tertiary/aromatic N) is 2. The third kappa shape index (κ3) is 3.19. The minimum absolute atomic E-state index is 0.293. The molecule has 0 saturated carbocycles. The van der Waals surface area contributed by atoms with Crippen molar-refractivity contribution in [1.29, 1.82) is 0 Å². The smallest absolute Gasteiger partial charge is 0.0783 e. The molecular weight excluding hydrogens is 350 g/mol. The lowest BCUT2D eigenvalue weighted by molar-refractivity contribution is 0.220. The maximum Gasteiger partial charge on any atom is 0.0783 e. The first kappa shape index (κ1) is 14.9. The number of hydrogen-bond acceptors (Lipinski definition) is 3. The Morgan fingerprint density at radius 3 is 2.83 bits per heavy atom. The second-order valence-electron chi connectivity index (χ2n) is 6.34. The zero-order valence-corrected chi connectivity index (χ0v) is 14.5. The molecule has 0 amide bonds. The lowest BCUT2D eigenvalue weighted by atomic mass is 9.86. The molecule has 4 rings (SSSR count). The molecule has 118 valence electrons. The SMILES string of the molecule is Brc1cccc(C2NN=C3CCN(Cc4ccccc4)CC32)c1. The maximum absolute atomic E-state index is 4.61. The molecule has 1 N–H and O–H groups in total. The van der Waals surface area contributed by atoms with Gasteiger partial charge in [0.15, 0.2) is 0 Å². The van der Waals surface area contributed by atoms with Crippen molar-refractivity contribution in [3.05, 3.63) is 70.2 Å². The molecule has 2 atom stereocenters. The van der Waals surface area contributed by atoms with Crippen LogP contribution in [0, 0.1) is 5.92 Å². The predicted molar refractivity (Wildman–Crippen MR) is 97.3 cm³/mol. The van der Waals surface area contributed by atoms with E-state index in [9.17, 15) is 0 Å². The Morgan fingerprint density at radius 2 is 2.00 bits per heavy atom. The first-order valence-electron chi connectivity index (χ1n) is 8.13. The molecule has 0 radical (unpaired) electrons. The van der Waals surface area contributed by atoms with Crippen molar-refractivity contribution in [3.8, 4) is 0 Å². The van der Waals surface area contributed by atoms with E-state index in [-0.39, 0.29) is 0 Å². The summed E-state index contributed by atoms with van der Waals surface area (Å²) < 4.78 is 1.13. The third-order valence-corrected chi connectivity index (χ3v) is 5.27. The van der Waals surface area contributed by atoms with Crippen LogP contribution in [0.5, 0.6) is 0 Å². The fourth-order valence-electron chi connectivity index (χ4n) is 3.60. The summed E-state index contributed by atoms with van der Waals surface area (Å²) >= 11 is 3.58. The zero-order valence-electron chi connectivity index (χ0n) is 13.0. The number of likely N-dealkylation sites (tertiary alicyclic amines) is 1. The van der Waals surface area contributed by atoms with E-state index >= 15 is 0 Å². The molecule has 0 spiro atoms. The van der Waals surface area contributed by atoms with Gasteiger partial charge in [-0.25, -0.2) is 0 Å². The van der Waals surface area contributed by atoms with Gasteiger partial charge in [0.05, 0.1) is 6.04 Å². The molecule has 2 unspecified atom stereocenters. The van der Waals surface area contributed by atoms with Crippen LogP contribution < -0.4 is 5.43 Å². The second-order valence-corrected chi connectivity index (χ2v) is 7.26. The molecule has 2 aliphatic rings. The van der Waals surface area contributed by atoms with Gasteiger partial charge in [-0.2, -0.15) is 5.10 Å². The highest BCUT2D eigenvalue weighted by atomic mass is 79.9. The Kier molecular flexibility index (Phi) is 4.19. The first-order chi connectivity index (χ1) is 11.3. The quantitative estimate of drug-likeness (QED) is 0.885. The molecule has 1 fully saturated rings. The summed E-state index contributed by atoms with van der Waals surface area (Å²) in [5, 5.41) is 4.61. The van der Waals surface area contributed by atoms with Gasteiger partial charge >= 0.3 is 0 Å². The van der Waals surface area contributed by atoms with Gasteiger partial charge in [-0.05, 0) is 23.3 Å². The van der Waals surface area contributed by atoms with E-state index in [1.54, 1.807) is 0 Å². The summed E-state index contributed by atoms with van der Waals surface area (Å²) in [4.78, 5) is 2.55. The summed E-state index contributed by atoms with van der Waals surface area (Å²) in [5.74, 6) is 0.474. The largest absolute Gasteiger partial charge is 0.302 e. The lowest BCUT2D eigenvalue weighted by Gasteiger charge is -2.33. The molecule has 2 heterocycles. The monoisotopic (exact) mass is 369 g/mol. The molecule has 0 bridgehead atoms. The highest BCUT2D eigenvalue weighted by Crippen LogP contribution is 2.33. The Morgan fingerprint density at radius 1 is 1.13 bits per heavy atom. The number of benzene rings is 2. The van der Waals surface area contributed by atoms with Gasteiger partial charge in [0.25, 0.3) is 0 Å². The summed E-state index contributed by atoms with van der Waals surface area (Å²) in [7, 11) is 0. The Balaban J connectivity index is 1.50. The van der Waals surface area contributed by atoms with Crippen molar-refractivity contribution >= 4 is 21.6 Å². The molecule has 2 aromatic rings. The molecule has 3 nitrogen and oxygen atoms in total.